The van der Waals surface area contributed by atoms with E-state index in [4.69, 9.17) is 9.47 Å². The predicted octanol–water partition coefficient (Wildman–Crippen LogP) is 1.71. The minimum atomic E-state index is -1.12. The third-order valence-corrected chi connectivity index (χ3v) is 1.96. The summed E-state index contributed by atoms with van der Waals surface area (Å²) in [6, 6.07) is 0. The normalized spacial score (nSPS) is 15.8. The van der Waals surface area contributed by atoms with Crippen LogP contribution in [-0.2, 0) is 9.47 Å². The minimum absolute atomic E-state index is 0.508. The van der Waals surface area contributed by atoms with Crippen LogP contribution in [0.25, 0.3) is 0 Å². The maximum absolute atomic E-state index is 9.96. The highest BCUT2D eigenvalue weighted by Gasteiger charge is 2.33. The third-order valence-electron chi connectivity index (χ3n) is 1.96. The van der Waals surface area contributed by atoms with Crippen LogP contribution >= 0.6 is 0 Å². The van der Waals surface area contributed by atoms with Crippen molar-refractivity contribution in [3.05, 3.63) is 12.2 Å². The van der Waals surface area contributed by atoms with E-state index in [1.54, 1.807) is 13.8 Å². The molecule has 0 spiro atoms. The number of hydrogen-bond donors (Lipinski definition) is 1. The summed E-state index contributed by atoms with van der Waals surface area (Å²) < 4.78 is 10.6. The molecule has 3 nitrogen and oxygen atoms in total. The van der Waals surface area contributed by atoms with Crippen molar-refractivity contribution in [2.45, 2.75) is 39.6 Å². The molecule has 0 fully saturated rings. The van der Waals surface area contributed by atoms with Gasteiger partial charge in [-0.25, -0.2) is 0 Å². The summed E-state index contributed by atoms with van der Waals surface area (Å²) in [5.41, 5.74) is -0.481. The van der Waals surface area contributed by atoms with E-state index in [-0.39, 0.29) is 0 Å². The van der Waals surface area contributed by atoms with E-state index >= 15 is 0 Å². The number of rotatable bonds is 6. The molecule has 0 unspecified atom stereocenters. The zero-order valence-corrected chi connectivity index (χ0v) is 8.96. The first-order valence-corrected chi connectivity index (χ1v) is 4.58. The van der Waals surface area contributed by atoms with Crippen LogP contribution in [0, 0.1) is 0 Å². The van der Waals surface area contributed by atoms with E-state index in [2.05, 4.69) is 6.58 Å². The molecule has 3 heteroatoms. The fraction of sp³-hybridized carbons (Fsp3) is 0.800. The van der Waals surface area contributed by atoms with Gasteiger partial charge in [-0.1, -0.05) is 6.58 Å². The molecule has 0 aliphatic heterocycles. The molecule has 0 heterocycles. The summed E-state index contributed by atoms with van der Waals surface area (Å²) in [4.78, 5) is 0. The van der Waals surface area contributed by atoms with Crippen LogP contribution in [0.1, 0.15) is 27.7 Å². The Labute approximate surface area is 80.4 Å². The second kappa shape index (κ2) is 5.37. The lowest BCUT2D eigenvalue weighted by atomic mass is 9.98. The summed E-state index contributed by atoms with van der Waals surface area (Å²) in [6.45, 7) is 11.8. The SMILES string of the molecule is C=C(C)[C@@](C)(O)C(OCC)OCC. The van der Waals surface area contributed by atoms with Gasteiger partial charge < -0.3 is 14.6 Å². The Morgan fingerprint density at radius 3 is 2.00 bits per heavy atom. The molecule has 0 saturated carbocycles. The minimum Gasteiger partial charge on any atom is -0.380 e. The van der Waals surface area contributed by atoms with Crippen LogP contribution in [0.15, 0.2) is 12.2 Å². The first-order chi connectivity index (χ1) is 5.96. The summed E-state index contributed by atoms with van der Waals surface area (Å²) in [5.74, 6) is 0. The van der Waals surface area contributed by atoms with Gasteiger partial charge in [-0.2, -0.15) is 0 Å². The molecule has 0 radical (unpaired) electrons. The molecule has 1 N–H and O–H groups in total. The Balaban J connectivity index is 4.41. The van der Waals surface area contributed by atoms with Gasteiger partial charge in [0.2, 0.25) is 0 Å². The van der Waals surface area contributed by atoms with Crippen molar-refractivity contribution < 1.29 is 14.6 Å². The zero-order valence-electron chi connectivity index (χ0n) is 8.96. The van der Waals surface area contributed by atoms with Gasteiger partial charge in [0.15, 0.2) is 6.29 Å². The van der Waals surface area contributed by atoms with E-state index < -0.39 is 11.9 Å². The summed E-state index contributed by atoms with van der Waals surface area (Å²) in [7, 11) is 0. The van der Waals surface area contributed by atoms with E-state index in [0.717, 1.165) is 0 Å². The van der Waals surface area contributed by atoms with Crippen LogP contribution in [0.4, 0.5) is 0 Å². The number of ether oxygens (including phenoxy) is 2. The molecule has 13 heavy (non-hydrogen) atoms. The molecule has 0 aliphatic carbocycles. The molecular weight excluding hydrogens is 168 g/mol. The molecule has 78 valence electrons. The van der Waals surface area contributed by atoms with Gasteiger partial charge in [0.1, 0.15) is 5.60 Å². The highest BCUT2D eigenvalue weighted by Crippen LogP contribution is 2.22. The Hall–Kier alpha value is -0.380. The number of hydrogen-bond acceptors (Lipinski definition) is 3. The fourth-order valence-electron chi connectivity index (χ4n) is 0.877. The first-order valence-electron chi connectivity index (χ1n) is 4.58. The Morgan fingerprint density at radius 1 is 1.38 bits per heavy atom. The van der Waals surface area contributed by atoms with Crippen LogP contribution < -0.4 is 0 Å². The van der Waals surface area contributed by atoms with E-state index in [9.17, 15) is 5.11 Å². The Kier molecular flexibility index (Phi) is 5.21. The molecular formula is C10H20O3. The summed E-state index contributed by atoms with van der Waals surface area (Å²) in [6.07, 6.45) is -0.625. The van der Waals surface area contributed by atoms with E-state index in [1.807, 2.05) is 13.8 Å². The van der Waals surface area contributed by atoms with Gasteiger partial charge in [-0.05, 0) is 33.3 Å². The molecule has 0 rings (SSSR count). The third kappa shape index (κ3) is 3.46. The Bertz CT molecular complexity index is 158. The average Bonchev–Trinajstić information content (AvgIpc) is 2.03. The van der Waals surface area contributed by atoms with Crippen molar-refractivity contribution in [2.75, 3.05) is 13.2 Å². The first kappa shape index (κ1) is 12.6. The van der Waals surface area contributed by atoms with Crippen LogP contribution in [-0.4, -0.2) is 30.2 Å². The van der Waals surface area contributed by atoms with Gasteiger partial charge >= 0.3 is 0 Å². The molecule has 0 bridgehead atoms. The molecule has 0 aromatic carbocycles. The Morgan fingerprint density at radius 2 is 1.77 bits per heavy atom. The van der Waals surface area contributed by atoms with Gasteiger partial charge in [0.05, 0.1) is 0 Å². The zero-order chi connectivity index (χ0) is 10.5. The lowest BCUT2D eigenvalue weighted by molar-refractivity contribution is -0.215. The second-order valence-electron chi connectivity index (χ2n) is 3.17. The maximum atomic E-state index is 9.96. The van der Waals surface area contributed by atoms with Gasteiger partial charge in [0, 0.05) is 13.2 Å². The van der Waals surface area contributed by atoms with Crippen LogP contribution in [0.2, 0.25) is 0 Å². The molecule has 0 aromatic rings. The lowest BCUT2D eigenvalue weighted by Crippen LogP contribution is -2.43. The fourth-order valence-corrected chi connectivity index (χ4v) is 0.877. The van der Waals surface area contributed by atoms with Gasteiger partial charge in [0.25, 0.3) is 0 Å². The largest absolute Gasteiger partial charge is 0.380 e. The molecule has 0 aromatic heterocycles. The highest BCUT2D eigenvalue weighted by atomic mass is 16.7. The van der Waals surface area contributed by atoms with Crippen molar-refractivity contribution in [2.24, 2.45) is 0 Å². The summed E-state index contributed by atoms with van der Waals surface area (Å²) >= 11 is 0. The number of aliphatic hydroxyl groups is 1. The van der Waals surface area contributed by atoms with Crippen LogP contribution in [0.5, 0.6) is 0 Å². The molecule has 1 atom stereocenters. The highest BCUT2D eigenvalue weighted by molar-refractivity contribution is 5.08. The average molecular weight is 188 g/mol. The van der Waals surface area contributed by atoms with Crippen molar-refractivity contribution in [3.63, 3.8) is 0 Å². The predicted molar refractivity (Wildman–Crippen MR) is 52.5 cm³/mol. The van der Waals surface area contributed by atoms with E-state index in [0.29, 0.717) is 18.8 Å². The van der Waals surface area contributed by atoms with E-state index in [1.165, 1.54) is 0 Å². The van der Waals surface area contributed by atoms with Crippen molar-refractivity contribution in [1.82, 2.24) is 0 Å². The quantitative estimate of drug-likeness (QED) is 0.509. The standard InChI is InChI=1S/C10H20O3/c1-6-12-9(13-7-2)10(5,11)8(3)4/h9,11H,3,6-7H2,1-2,4-5H3/t10-/m1/s1. The van der Waals surface area contributed by atoms with Crippen molar-refractivity contribution in [1.29, 1.82) is 0 Å². The lowest BCUT2D eigenvalue weighted by Gasteiger charge is -2.32. The molecule has 0 aliphatic rings. The molecule has 0 saturated heterocycles. The van der Waals surface area contributed by atoms with Gasteiger partial charge in [-0.3, -0.25) is 0 Å². The van der Waals surface area contributed by atoms with Crippen molar-refractivity contribution in [3.8, 4) is 0 Å². The van der Waals surface area contributed by atoms with Gasteiger partial charge in [-0.15, -0.1) is 0 Å². The summed E-state index contributed by atoms with van der Waals surface area (Å²) in [5, 5.41) is 9.96. The topological polar surface area (TPSA) is 38.7 Å². The second-order valence-corrected chi connectivity index (χ2v) is 3.17. The smallest absolute Gasteiger partial charge is 0.189 e. The van der Waals surface area contributed by atoms with Crippen molar-refractivity contribution >= 4 is 0 Å². The monoisotopic (exact) mass is 188 g/mol. The molecule has 0 amide bonds. The van der Waals surface area contributed by atoms with Crippen LogP contribution in [0.3, 0.4) is 0 Å². The maximum Gasteiger partial charge on any atom is 0.189 e.